The average molecular weight is 227 g/mol. The molecule has 1 aromatic heterocycles. The van der Waals surface area contributed by atoms with Crippen LogP contribution in [0, 0.1) is 0 Å². The van der Waals surface area contributed by atoms with Crippen molar-refractivity contribution in [2.75, 3.05) is 5.73 Å². The van der Waals surface area contributed by atoms with Gasteiger partial charge < -0.3 is 15.7 Å². The van der Waals surface area contributed by atoms with Crippen LogP contribution in [0.3, 0.4) is 0 Å². The van der Waals surface area contributed by atoms with Crippen LogP contribution in [-0.2, 0) is 9.63 Å². The first kappa shape index (κ1) is 9.91. The smallest absolute Gasteiger partial charge is 0.360 e. The number of anilines is 1. The molecule has 0 spiro atoms. The van der Waals surface area contributed by atoms with Gasteiger partial charge >= 0.3 is 5.97 Å². The second-order valence-corrected chi connectivity index (χ2v) is 4.01. The fourth-order valence-corrected chi connectivity index (χ4v) is 1.44. The van der Waals surface area contributed by atoms with Crippen LogP contribution in [-0.4, -0.2) is 27.9 Å². The van der Waals surface area contributed by atoms with E-state index in [0.717, 1.165) is 12.8 Å². The van der Waals surface area contributed by atoms with Crippen LogP contribution >= 0.6 is 11.3 Å². The predicted octanol–water partition coefficient (Wildman–Crippen LogP) is 0.693. The third-order valence-corrected chi connectivity index (χ3v) is 2.46. The minimum atomic E-state index is -1.17. The topological polar surface area (TPSA) is 97.8 Å². The highest BCUT2D eigenvalue weighted by Gasteiger charge is 2.25. The molecule has 0 bridgehead atoms. The zero-order chi connectivity index (χ0) is 10.8. The fraction of sp³-hybridized carbons (Fsp3) is 0.375. The van der Waals surface area contributed by atoms with E-state index in [4.69, 9.17) is 15.7 Å². The van der Waals surface area contributed by atoms with E-state index < -0.39 is 5.97 Å². The molecule has 1 heterocycles. The number of oxime groups is 1. The van der Waals surface area contributed by atoms with Gasteiger partial charge in [-0.2, -0.15) is 0 Å². The Kier molecular flexibility index (Phi) is 2.55. The summed E-state index contributed by atoms with van der Waals surface area (Å²) in [5.41, 5.74) is 5.45. The molecule has 2 rings (SSSR count). The predicted molar refractivity (Wildman–Crippen MR) is 54.8 cm³/mol. The van der Waals surface area contributed by atoms with Crippen LogP contribution in [0.2, 0.25) is 0 Å². The standard InChI is InChI=1S/C8H9N3O3S/c9-8-10-5(3-15-8)6(7(12)13)11-14-4-1-2-4/h3-4H,1-2H2,(H2,9,10)(H,12,13). The second-order valence-electron chi connectivity index (χ2n) is 3.12. The molecule has 6 nitrogen and oxygen atoms in total. The Morgan fingerprint density at radius 3 is 2.93 bits per heavy atom. The quantitative estimate of drug-likeness (QED) is 0.582. The van der Waals surface area contributed by atoms with Crippen molar-refractivity contribution in [1.29, 1.82) is 0 Å². The molecule has 7 heteroatoms. The molecule has 80 valence electrons. The van der Waals surface area contributed by atoms with Crippen LogP contribution in [0.15, 0.2) is 10.5 Å². The number of thiazole rings is 1. The van der Waals surface area contributed by atoms with E-state index in [2.05, 4.69) is 10.1 Å². The normalized spacial score (nSPS) is 16.4. The summed E-state index contributed by atoms with van der Waals surface area (Å²) in [6, 6.07) is 0. The Balaban J connectivity index is 2.17. The largest absolute Gasteiger partial charge is 0.476 e. The third-order valence-electron chi connectivity index (χ3n) is 1.78. The van der Waals surface area contributed by atoms with E-state index in [0.29, 0.717) is 5.13 Å². The van der Waals surface area contributed by atoms with Gasteiger partial charge in [0.05, 0.1) is 0 Å². The van der Waals surface area contributed by atoms with Gasteiger partial charge in [0, 0.05) is 5.38 Å². The van der Waals surface area contributed by atoms with Gasteiger partial charge in [-0.25, -0.2) is 9.78 Å². The van der Waals surface area contributed by atoms with Crippen molar-refractivity contribution in [1.82, 2.24) is 4.98 Å². The van der Waals surface area contributed by atoms with Gasteiger partial charge in [0.2, 0.25) is 5.71 Å². The van der Waals surface area contributed by atoms with Crippen molar-refractivity contribution in [3.8, 4) is 0 Å². The van der Waals surface area contributed by atoms with Crippen LogP contribution in [0.4, 0.5) is 5.13 Å². The molecule has 15 heavy (non-hydrogen) atoms. The Bertz CT molecular complexity index is 411. The first-order valence-electron chi connectivity index (χ1n) is 4.35. The Hall–Kier alpha value is -1.63. The van der Waals surface area contributed by atoms with E-state index in [-0.39, 0.29) is 17.5 Å². The van der Waals surface area contributed by atoms with E-state index in [1.54, 1.807) is 5.38 Å². The Morgan fingerprint density at radius 2 is 2.47 bits per heavy atom. The number of carboxylic acid groups (broad SMARTS) is 1. The van der Waals surface area contributed by atoms with E-state index in [1.807, 2.05) is 0 Å². The molecule has 0 amide bonds. The van der Waals surface area contributed by atoms with Crippen LogP contribution < -0.4 is 5.73 Å². The van der Waals surface area contributed by atoms with Crippen molar-refractivity contribution in [2.45, 2.75) is 18.9 Å². The summed E-state index contributed by atoms with van der Waals surface area (Å²) >= 11 is 1.17. The summed E-state index contributed by atoms with van der Waals surface area (Å²) in [5.74, 6) is -1.17. The summed E-state index contributed by atoms with van der Waals surface area (Å²) in [4.78, 5) is 19.7. The van der Waals surface area contributed by atoms with Crippen molar-refractivity contribution >= 4 is 28.1 Å². The minimum absolute atomic E-state index is 0.0651. The molecule has 0 atom stereocenters. The van der Waals surface area contributed by atoms with Gasteiger partial charge in [0.1, 0.15) is 11.8 Å². The van der Waals surface area contributed by atoms with E-state index >= 15 is 0 Å². The lowest BCUT2D eigenvalue weighted by Gasteiger charge is -1.97. The maximum atomic E-state index is 10.9. The Morgan fingerprint density at radius 1 is 1.73 bits per heavy atom. The zero-order valence-electron chi connectivity index (χ0n) is 7.71. The number of nitrogen functional groups attached to an aromatic ring is 1. The molecule has 1 fully saturated rings. The summed E-state index contributed by atoms with van der Waals surface area (Å²) in [6.45, 7) is 0. The van der Waals surface area contributed by atoms with Crippen LogP contribution in [0.25, 0.3) is 0 Å². The number of hydrogen-bond acceptors (Lipinski definition) is 6. The first-order valence-corrected chi connectivity index (χ1v) is 5.23. The van der Waals surface area contributed by atoms with Gasteiger partial charge in [0.25, 0.3) is 0 Å². The lowest BCUT2D eigenvalue weighted by atomic mass is 10.3. The van der Waals surface area contributed by atoms with E-state index in [9.17, 15) is 4.79 Å². The molecule has 0 aromatic carbocycles. The van der Waals surface area contributed by atoms with Gasteiger partial charge in [-0.3, -0.25) is 0 Å². The number of aromatic nitrogens is 1. The molecule has 1 saturated carbocycles. The van der Waals surface area contributed by atoms with E-state index in [1.165, 1.54) is 11.3 Å². The SMILES string of the molecule is Nc1nc(C(=NOC2CC2)C(=O)O)cs1. The summed E-state index contributed by atoms with van der Waals surface area (Å²) in [6.07, 6.45) is 1.92. The minimum Gasteiger partial charge on any atom is -0.476 e. The van der Waals surface area contributed by atoms with Gasteiger partial charge in [-0.1, -0.05) is 5.16 Å². The summed E-state index contributed by atoms with van der Waals surface area (Å²) in [5, 5.41) is 14.3. The van der Waals surface area contributed by atoms with Gasteiger partial charge in [-0.05, 0) is 12.8 Å². The van der Waals surface area contributed by atoms with Crippen molar-refractivity contribution in [2.24, 2.45) is 5.16 Å². The summed E-state index contributed by atoms with van der Waals surface area (Å²) in [7, 11) is 0. The van der Waals surface area contributed by atoms with Gasteiger partial charge in [-0.15, -0.1) is 11.3 Å². The zero-order valence-corrected chi connectivity index (χ0v) is 8.53. The monoisotopic (exact) mass is 227 g/mol. The maximum absolute atomic E-state index is 10.9. The number of carboxylic acids is 1. The van der Waals surface area contributed by atoms with Crippen molar-refractivity contribution in [3.05, 3.63) is 11.1 Å². The van der Waals surface area contributed by atoms with Crippen LogP contribution in [0.5, 0.6) is 0 Å². The summed E-state index contributed by atoms with van der Waals surface area (Å²) < 4.78 is 0. The van der Waals surface area contributed by atoms with Crippen molar-refractivity contribution < 1.29 is 14.7 Å². The Labute approximate surface area is 89.4 Å². The highest BCUT2D eigenvalue weighted by atomic mass is 32.1. The molecule has 0 unspecified atom stereocenters. The van der Waals surface area contributed by atoms with Gasteiger partial charge in [0.15, 0.2) is 5.13 Å². The number of aliphatic carboxylic acids is 1. The fourth-order valence-electron chi connectivity index (χ4n) is 0.892. The molecule has 1 aromatic rings. The highest BCUT2D eigenvalue weighted by Crippen LogP contribution is 2.24. The molecular formula is C8H9N3O3S. The van der Waals surface area contributed by atoms with Crippen molar-refractivity contribution in [3.63, 3.8) is 0 Å². The molecule has 1 aliphatic rings. The lowest BCUT2D eigenvalue weighted by molar-refractivity contribution is -0.129. The molecule has 0 saturated heterocycles. The number of hydrogen-bond donors (Lipinski definition) is 2. The second kappa shape index (κ2) is 3.85. The molecule has 3 N–H and O–H groups in total. The number of nitrogens with zero attached hydrogens (tertiary/aromatic N) is 2. The molecular weight excluding hydrogens is 218 g/mol. The number of rotatable bonds is 4. The number of carbonyl (C=O) groups is 1. The van der Waals surface area contributed by atoms with Crippen LogP contribution in [0.1, 0.15) is 18.5 Å². The third kappa shape index (κ3) is 2.44. The highest BCUT2D eigenvalue weighted by molar-refractivity contribution is 7.13. The first-order chi connectivity index (χ1) is 7.16. The molecule has 0 aliphatic heterocycles. The maximum Gasteiger partial charge on any atom is 0.360 e. The molecule has 1 aliphatic carbocycles. The molecule has 0 radical (unpaired) electrons. The number of nitrogens with two attached hydrogens (primary N) is 1. The average Bonchev–Trinajstić information content (AvgIpc) is 2.89. The lowest BCUT2D eigenvalue weighted by Crippen LogP contribution is -2.15.